The van der Waals surface area contributed by atoms with Gasteiger partial charge in [0.05, 0.1) is 5.02 Å². The molecule has 63 valence electrons. The van der Waals surface area contributed by atoms with E-state index in [-0.39, 0.29) is 0 Å². The van der Waals surface area contributed by atoms with Crippen molar-refractivity contribution >= 4 is 11.6 Å². The number of halogens is 1. The van der Waals surface area contributed by atoms with Crippen LogP contribution in [0.4, 0.5) is 0 Å². The van der Waals surface area contributed by atoms with Gasteiger partial charge >= 0.3 is 0 Å². The fourth-order valence-corrected chi connectivity index (χ4v) is 1.14. The van der Waals surface area contributed by atoms with Crippen molar-refractivity contribution in [2.24, 2.45) is 0 Å². The molecule has 0 N–H and O–H groups in total. The number of nitrogens with zero attached hydrogens (tertiary/aromatic N) is 1. The molecule has 1 rings (SSSR count). The van der Waals surface area contributed by atoms with Gasteiger partial charge in [0.15, 0.2) is 0 Å². The summed E-state index contributed by atoms with van der Waals surface area (Å²) in [5, 5.41) is 0.685. The number of allylic oxidation sites excluding steroid dienone is 2. The zero-order valence-corrected chi connectivity index (χ0v) is 7.80. The maximum absolute atomic E-state index is 5.77. The third-order valence-corrected chi connectivity index (χ3v) is 1.80. The lowest BCUT2D eigenvalue weighted by Gasteiger charge is -2.00. The molecule has 0 aliphatic carbocycles. The highest BCUT2D eigenvalue weighted by atomic mass is 35.5. The molecule has 1 aromatic heterocycles. The third-order valence-electron chi connectivity index (χ3n) is 1.59. The van der Waals surface area contributed by atoms with Crippen molar-refractivity contribution < 1.29 is 0 Å². The second-order valence-corrected chi connectivity index (χ2v) is 3.18. The molecule has 1 aromatic rings. The van der Waals surface area contributed by atoms with Gasteiger partial charge in [-0.25, -0.2) is 0 Å². The van der Waals surface area contributed by atoms with Crippen LogP contribution in [0.15, 0.2) is 30.1 Å². The Kier molecular flexibility index (Phi) is 3.30. The van der Waals surface area contributed by atoms with E-state index < -0.39 is 0 Å². The van der Waals surface area contributed by atoms with E-state index in [2.05, 4.69) is 11.9 Å². The molecule has 0 aromatic carbocycles. The summed E-state index contributed by atoms with van der Waals surface area (Å²) in [7, 11) is 0. The standard InChI is InChI=1S/C10H11ClN/c1-3-8(2)4-9-5-10(11)7-12-6-9/h3,5-7H,1,4H2,2H3. The van der Waals surface area contributed by atoms with Crippen molar-refractivity contribution in [1.29, 1.82) is 0 Å². The number of hydrogen-bond donors (Lipinski definition) is 0. The van der Waals surface area contributed by atoms with Gasteiger partial charge in [-0.05, 0) is 31.9 Å². The Balaban J connectivity index is 2.76. The van der Waals surface area contributed by atoms with Crippen molar-refractivity contribution in [3.63, 3.8) is 0 Å². The van der Waals surface area contributed by atoms with Crippen molar-refractivity contribution in [2.75, 3.05) is 0 Å². The van der Waals surface area contributed by atoms with Crippen LogP contribution in [-0.4, -0.2) is 4.98 Å². The minimum atomic E-state index is 0.685. The Labute approximate surface area is 78.1 Å². The summed E-state index contributed by atoms with van der Waals surface area (Å²) in [4.78, 5) is 3.99. The van der Waals surface area contributed by atoms with E-state index in [1.807, 2.05) is 25.3 Å². The molecule has 0 amide bonds. The topological polar surface area (TPSA) is 12.9 Å². The molecule has 1 radical (unpaired) electrons. The predicted octanol–water partition coefficient (Wildman–Crippen LogP) is 3.06. The molecule has 2 heteroatoms. The molecule has 12 heavy (non-hydrogen) atoms. The van der Waals surface area contributed by atoms with E-state index in [4.69, 9.17) is 11.6 Å². The predicted molar refractivity (Wildman–Crippen MR) is 52.1 cm³/mol. The first kappa shape index (κ1) is 9.27. The Bertz CT molecular complexity index is 292. The van der Waals surface area contributed by atoms with Gasteiger partial charge in [-0.1, -0.05) is 23.3 Å². The maximum atomic E-state index is 5.77. The largest absolute Gasteiger partial charge is 0.263 e. The molecular weight excluding hydrogens is 170 g/mol. The fraction of sp³-hybridized carbons (Fsp3) is 0.200. The summed E-state index contributed by atoms with van der Waals surface area (Å²) in [6.07, 6.45) is 6.17. The van der Waals surface area contributed by atoms with Gasteiger partial charge in [0.1, 0.15) is 0 Å². The van der Waals surface area contributed by atoms with Crippen LogP contribution in [0.3, 0.4) is 0 Å². The number of pyridine rings is 1. The van der Waals surface area contributed by atoms with Crippen LogP contribution in [0.5, 0.6) is 0 Å². The molecule has 1 heterocycles. The van der Waals surface area contributed by atoms with Crippen molar-refractivity contribution in [3.05, 3.63) is 47.6 Å². The summed E-state index contributed by atoms with van der Waals surface area (Å²) >= 11 is 5.77. The molecule has 1 nitrogen and oxygen atoms in total. The summed E-state index contributed by atoms with van der Waals surface area (Å²) in [6, 6.07) is 1.92. The fourth-order valence-electron chi connectivity index (χ4n) is 0.947. The lowest BCUT2D eigenvalue weighted by molar-refractivity contribution is 1.11. The Morgan fingerprint density at radius 2 is 2.42 bits per heavy atom. The van der Waals surface area contributed by atoms with Gasteiger partial charge in [-0.15, -0.1) is 0 Å². The van der Waals surface area contributed by atoms with E-state index in [0.29, 0.717) is 5.02 Å². The molecule has 0 unspecified atom stereocenters. The summed E-state index contributed by atoms with van der Waals surface area (Å²) < 4.78 is 0. The molecule has 0 spiro atoms. The normalized spacial score (nSPS) is 11.8. The van der Waals surface area contributed by atoms with Crippen LogP contribution < -0.4 is 0 Å². The van der Waals surface area contributed by atoms with Gasteiger partial charge < -0.3 is 0 Å². The molecule has 0 saturated heterocycles. The molecule has 0 saturated carbocycles. The quantitative estimate of drug-likeness (QED) is 0.682. The van der Waals surface area contributed by atoms with Crippen molar-refractivity contribution in [3.8, 4) is 0 Å². The first-order valence-corrected chi connectivity index (χ1v) is 4.14. The number of aromatic nitrogens is 1. The van der Waals surface area contributed by atoms with Gasteiger partial charge in [0, 0.05) is 12.4 Å². The van der Waals surface area contributed by atoms with Gasteiger partial charge in [-0.2, -0.15) is 0 Å². The van der Waals surface area contributed by atoms with Gasteiger partial charge in [0.25, 0.3) is 0 Å². The highest BCUT2D eigenvalue weighted by Crippen LogP contribution is 2.11. The smallest absolute Gasteiger partial charge is 0.0592 e. The van der Waals surface area contributed by atoms with E-state index >= 15 is 0 Å². The lowest BCUT2D eigenvalue weighted by Crippen LogP contribution is -1.87. The van der Waals surface area contributed by atoms with Gasteiger partial charge in [-0.3, -0.25) is 4.98 Å². The minimum absolute atomic E-state index is 0.685. The van der Waals surface area contributed by atoms with E-state index in [0.717, 1.165) is 12.0 Å². The second-order valence-electron chi connectivity index (χ2n) is 2.74. The van der Waals surface area contributed by atoms with Crippen LogP contribution in [0.1, 0.15) is 12.5 Å². The van der Waals surface area contributed by atoms with Crippen LogP contribution >= 0.6 is 11.6 Å². The van der Waals surface area contributed by atoms with E-state index in [9.17, 15) is 0 Å². The lowest BCUT2D eigenvalue weighted by atomic mass is 10.1. The molecule has 0 fully saturated rings. The zero-order valence-electron chi connectivity index (χ0n) is 7.05. The number of rotatable bonds is 2. The van der Waals surface area contributed by atoms with Crippen LogP contribution in [0, 0.1) is 6.92 Å². The molecule has 0 atom stereocenters. The summed E-state index contributed by atoms with van der Waals surface area (Å²) in [5.74, 6) is 0. The first-order valence-electron chi connectivity index (χ1n) is 3.76. The summed E-state index contributed by atoms with van der Waals surface area (Å²) in [5.41, 5.74) is 2.35. The van der Waals surface area contributed by atoms with Crippen molar-refractivity contribution in [2.45, 2.75) is 13.3 Å². The van der Waals surface area contributed by atoms with Crippen LogP contribution in [0.2, 0.25) is 5.02 Å². The molecule has 0 aliphatic heterocycles. The first-order chi connectivity index (χ1) is 5.72. The zero-order chi connectivity index (χ0) is 8.97. The van der Waals surface area contributed by atoms with Crippen LogP contribution in [0.25, 0.3) is 0 Å². The van der Waals surface area contributed by atoms with Crippen LogP contribution in [-0.2, 0) is 6.42 Å². The number of hydrogen-bond acceptors (Lipinski definition) is 1. The molecular formula is C10H11ClN. The summed E-state index contributed by atoms with van der Waals surface area (Å²) in [6.45, 7) is 5.72. The van der Waals surface area contributed by atoms with E-state index in [1.165, 1.54) is 5.57 Å². The second kappa shape index (κ2) is 4.27. The maximum Gasteiger partial charge on any atom is 0.0592 e. The molecule has 0 aliphatic rings. The SMILES string of the molecule is [CH2]C=C(C)Cc1cncc(Cl)c1. The average molecular weight is 181 g/mol. The van der Waals surface area contributed by atoms with E-state index in [1.54, 1.807) is 6.20 Å². The highest BCUT2D eigenvalue weighted by Gasteiger charge is 1.95. The Morgan fingerprint density at radius 1 is 1.67 bits per heavy atom. The molecule has 0 bridgehead atoms. The monoisotopic (exact) mass is 180 g/mol. The minimum Gasteiger partial charge on any atom is -0.263 e. The average Bonchev–Trinajstić information content (AvgIpc) is 2.04. The van der Waals surface area contributed by atoms with Crippen molar-refractivity contribution in [1.82, 2.24) is 4.98 Å². The Morgan fingerprint density at radius 3 is 3.00 bits per heavy atom. The van der Waals surface area contributed by atoms with Gasteiger partial charge in [0.2, 0.25) is 0 Å². The highest BCUT2D eigenvalue weighted by molar-refractivity contribution is 6.30. The Hall–Kier alpha value is -0.820. The third kappa shape index (κ3) is 2.67.